The highest BCUT2D eigenvalue weighted by Crippen LogP contribution is 2.25. The number of carbonyl (C=O) groups is 2. The topological polar surface area (TPSA) is 88.9 Å². The molecule has 0 spiro atoms. The number of hydrogen-bond donors (Lipinski definition) is 1. The first kappa shape index (κ1) is 13.9. The molecule has 3 aromatic rings. The fraction of sp³-hybridized carbons (Fsp3) is 0.0667. The fourth-order valence-electron chi connectivity index (χ4n) is 2.03. The number of H-pyrrole nitrogens is 1. The van der Waals surface area contributed by atoms with Gasteiger partial charge in [-0.1, -0.05) is 12.1 Å². The second-order valence-corrected chi connectivity index (χ2v) is 4.52. The highest BCUT2D eigenvalue weighted by atomic mass is 19.1. The van der Waals surface area contributed by atoms with Crippen LogP contribution in [0.2, 0.25) is 0 Å². The zero-order chi connectivity index (χ0) is 15.5. The zero-order valence-corrected chi connectivity index (χ0v) is 11.2. The molecular formula is C15H10FN3O3. The van der Waals surface area contributed by atoms with Crippen molar-refractivity contribution in [2.75, 3.05) is 0 Å². The van der Waals surface area contributed by atoms with Gasteiger partial charge in [-0.3, -0.25) is 14.7 Å². The Balaban J connectivity index is 1.82. The molecule has 22 heavy (non-hydrogen) atoms. The lowest BCUT2D eigenvalue weighted by Gasteiger charge is -2.02. The van der Waals surface area contributed by atoms with E-state index >= 15 is 0 Å². The summed E-state index contributed by atoms with van der Waals surface area (Å²) >= 11 is 0. The van der Waals surface area contributed by atoms with Gasteiger partial charge in [0, 0.05) is 5.56 Å². The minimum absolute atomic E-state index is 0.181. The molecule has 110 valence electrons. The summed E-state index contributed by atoms with van der Waals surface area (Å²) in [7, 11) is 0. The fourth-order valence-corrected chi connectivity index (χ4v) is 2.03. The Bertz CT molecular complexity index is 807. The maximum absolute atomic E-state index is 13.0. The van der Waals surface area contributed by atoms with E-state index in [0.29, 0.717) is 16.9 Å². The molecule has 1 N–H and O–H groups in total. The Morgan fingerprint density at radius 3 is 2.64 bits per heavy atom. The van der Waals surface area contributed by atoms with E-state index in [4.69, 9.17) is 4.42 Å². The molecule has 0 saturated carbocycles. The van der Waals surface area contributed by atoms with Gasteiger partial charge in [0.1, 0.15) is 17.9 Å². The predicted octanol–water partition coefficient (Wildman–Crippen LogP) is 2.20. The average Bonchev–Trinajstić information content (AvgIpc) is 3.18. The average molecular weight is 299 g/mol. The summed E-state index contributed by atoms with van der Waals surface area (Å²) in [5.74, 6) is -1.68. The van der Waals surface area contributed by atoms with E-state index in [2.05, 4.69) is 15.2 Å². The summed E-state index contributed by atoms with van der Waals surface area (Å²) in [6, 6.07) is 7.43. The summed E-state index contributed by atoms with van der Waals surface area (Å²) in [5, 5.41) is 5.95. The summed E-state index contributed by atoms with van der Waals surface area (Å²) in [5.41, 5.74) is 1.33. The van der Waals surface area contributed by atoms with Gasteiger partial charge < -0.3 is 4.42 Å². The highest BCUT2D eigenvalue weighted by Gasteiger charge is 2.22. The number of rotatable bonds is 5. The van der Waals surface area contributed by atoms with Crippen molar-refractivity contribution in [3.63, 3.8) is 0 Å². The molecule has 0 bridgehead atoms. The Kier molecular flexibility index (Phi) is 3.61. The molecule has 1 aromatic carbocycles. The molecule has 0 atom stereocenters. The molecule has 7 heteroatoms. The van der Waals surface area contributed by atoms with Gasteiger partial charge in [0.25, 0.3) is 5.78 Å². The maximum Gasteiger partial charge on any atom is 0.268 e. The normalized spacial score (nSPS) is 10.6. The molecular weight excluding hydrogens is 289 g/mol. The van der Waals surface area contributed by atoms with E-state index in [-0.39, 0.29) is 18.1 Å². The number of nitrogens with one attached hydrogen (secondary N) is 1. The molecule has 2 heterocycles. The number of Topliss-reactive ketones (excluding diaryl/α,β-unsaturated/α-hetero) is 2. The first-order valence-corrected chi connectivity index (χ1v) is 6.41. The van der Waals surface area contributed by atoms with Crippen LogP contribution in [-0.2, 0) is 11.2 Å². The number of hydrogen-bond acceptors (Lipinski definition) is 5. The van der Waals surface area contributed by atoms with E-state index in [1.807, 2.05) is 0 Å². The van der Waals surface area contributed by atoms with Crippen LogP contribution in [0.1, 0.15) is 16.4 Å². The molecule has 0 radical (unpaired) electrons. The second kappa shape index (κ2) is 5.72. The number of benzene rings is 1. The molecule has 0 amide bonds. The van der Waals surface area contributed by atoms with Crippen LogP contribution in [0.4, 0.5) is 4.39 Å². The molecule has 6 nitrogen and oxygen atoms in total. The zero-order valence-electron chi connectivity index (χ0n) is 11.2. The monoisotopic (exact) mass is 299 g/mol. The molecule has 0 unspecified atom stereocenters. The highest BCUT2D eigenvalue weighted by molar-refractivity contribution is 6.43. The minimum atomic E-state index is -0.789. The van der Waals surface area contributed by atoms with Crippen LogP contribution >= 0.6 is 0 Å². The van der Waals surface area contributed by atoms with Gasteiger partial charge in [0.2, 0.25) is 11.6 Å². The number of aromatic nitrogens is 3. The minimum Gasteiger partial charge on any atom is -0.468 e. The lowest BCUT2D eigenvalue weighted by Crippen LogP contribution is -2.18. The Hall–Kier alpha value is -3.09. The Morgan fingerprint density at radius 1 is 1.18 bits per heavy atom. The second-order valence-electron chi connectivity index (χ2n) is 4.52. The van der Waals surface area contributed by atoms with E-state index in [0.717, 1.165) is 0 Å². The molecule has 0 aliphatic heterocycles. The van der Waals surface area contributed by atoms with Crippen LogP contribution in [0.3, 0.4) is 0 Å². The van der Waals surface area contributed by atoms with Gasteiger partial charge in [-0.05, 0) is 23.8 Å². The van der Waals surface area contributed by atoms with Gasteiger partial charge in [0.05, 0.1) is 12.7 Å². The van der Waals surface area contributed by atoms with Crippen LogP contribution < -0.4 is 0 Å². The van der Waals surface area contributed by atoms with Crippen LogP contribution in [-0.4, -0.2) is 26.7 Å². The quantitative estimate of drug-likeness (QED) is 0.576. The van der Waals surface area contributed by atoms with E-state index in [1.165, 1.54) is 24.7 Å². The summed E-state index contributed by atoms with van der Waals surface area (Å²) in [4.78, 5) is 27.5. The molecule has 0 aliphatic carbocycles. The predicted molar refractivity (Wildman–Crippen MR) is 73.5 cm³/mol. The molecule has 2 aromatic heterocycles. The standard InChI is InChI=1S/C15H10FN3O3/c16-10-3-1-9(2-4-10)11-5-6-22-13(11)7-12(20)14(21)15-17-8-18-19-15/h1-6,8H,7H2,(H,17,18,19). The van der Waals surface area contributed by atoms with Crippen molar-refractivity contribution in [3.8, 4) is 11.1 Å². The largest absolute Gasteiger partial charge is 0.468 e. The molecule has 3 rings (SSSR count). The van der Waals surface area contributed by atoms with Crippen LogP contribution in [0.25, 0.3) is 11.1 Å². The number of ketones is 2. The molecule has 0 fully saturated rings. The lowest BCUT2D eigenvalue weighted by molar-refractivity contribution is -0.114. The van der Waals surface area contributed by atoms with E-state index in [9.17, 15) is 14.0 Å². The van der Waals surface area contributed by atoms with Crippen molar-refractivity contribution >= 4 is 11.6 Å². The lowest BCUT2D eigenvalue weighted by atomic mass is 10.0. The van der Waals surface area contributed by atoms with Crippen molar-refractivity contribution in [3.05, 3.63) is 60.3 Å². The van der Waals surface area contributed by atoms with Gasteiger partial charge >= 0.3 is 0 Å². The Morgan fingerprint density at radius 2 is 1.95 bits per heavy atom. The number of carbonyl (C=O) groups excluding carboxylic acids is 2. The molecule has 0 aliphatic rings. The van der Waals surface area contributed by atoms with E-state index in [1.54, 1.807) is 18.2 Å². The van der Waals surface area contributed by atoms with Crippen molar-refractivity contribution in [2.24, 2.45) is 0 Å². The SMILES string of the molecule is O=C(Cc1occc1-c1ccc(F)cc1)C(=O)c1nc[nH]n1. The first-order valence-electron chi connectivity index (χ1n) is 6.41. The number of halogens is 1. The number of nitrogens with zero attached hydrogens (tertiary/aromatic N) is 2. The summed E-state index contributed by atoms with van der Waals surface area (Å²) in [6.07, 6.45) is 2.42. The van der Waals surface area contributed by atoms with Gasteiger partial charge in [0.15, 0.2) is 0 Å². The van der Waals surface area contributed by atoms with Crippen LogP contribution in [0.5, 0.6) is 0 Å². The third kappa shape index (κ3) is 2.69. The Labute approximate surface area is 124 Å². The van der Waals surface area contributed by atoms with Crippen molar-refractivity contribution in [1.29, 1.82) is 0 Å². The van der Waals surface area contributed by atoms with Crippen molar-refractivity contribution < 1.29 is 18.4 Å². The van der Waals surface area contributed by atoms with Crippen molar-refractivity contribution in [1.82, 2.24) is 15.2 Å². The molecule has 0 saturated heterocycles. The van der Waals surface area contributed by atoms with Crippen LogP contribution in [0.15, 0.2) is 47.3 Å². The smallest absolute Gasteiger partial charge is 0.268 e. The van der Waals surface area contributed by atoms with Gasteiger partial charge in [-0.15, -0.1) is 5.10 Å². The van der Waals surface area contributed by atoms with Crippen molar-refractivity contribution in [2.45, 2.75) is 6.42 Å². The van der Waals surface area contributed by atoms with Gasteiger partial charge in [-0.2, -0.15) is 0 Å². The first-order chi connectivity index (χ1) is 10.6. The van der Waals surface area contributed by atoms with E-state index < -0.39 is 11.6 Å². The van der Waals surface area contributed by atoms with Gasteiger partial charge in [-0.25, -0.2) is 9.37 Å². The summed E-state index contributed by atoms with van der Waals surface area (Å²) in [6.45, 7) is 0. The maximum atomic E-state index is 13.0. The third-order valence-electron chi connectivity index (χ3n) is 3.09. The number of furan rings is 1. The van der Waals surface area contributed by atoms with Crippen LogP contribution in [0, 0.1) is 5.82 Å². The number of aromatic amines is 1. The summed E-state index contributed by atoms with van der Waals surface area (Å²) < 4.78 is 18.2. The third-order valence-corrected chi connectivity index (χ3v) is 3.09.